The second kappa shape index (κ2) is 26.4. The molecule has 214 valence electrons. The van der Waals surface area contributed by atoms with Gasteiger partial charge in [-0.05, 0) is 25.7 Å². The van der Waals surface area contributed by atoms with E-state index in [-0.39, 0.29) is 12.4 Å². The van der Waals surface area contributed by atoms with E-state index in [1.54, 1.807) is 0 Å². The number of halogens is 1. The molecule has 0 N–H and O–H groups in total. The lowest BCUT2D eigenvalue weighted by atomic mass is 10.0. The van der Waals surface area contributed by atoms with E-state index >= 15 is 0 Å². The molecule has 0 saturated carbocycles. The minimum absolute atomic E-state index is 0. The number of rotatable bonds is 27. The Morgan fingerprint density at radius 1 is 0.514 bits per heavy atom. The van der Waals surface area contributed by atoms with Crippen LogP contribution in [0.3, 0.4) is 0 Å². The topological polar surface area (TPSA) is 27.7 Å². The van der Waals surface area contributed by atoms with E-state index < -0.39 is 29.3 Å². The van der Waals surface area contributed by atoms with E-state index in [1.807, 2.05) is 21.3 Å². The van der Waals surface area contributed by atoms with Crippen molar-refractivity contribution < 1.29 is 30.2 Å². The van der Waals surface area contributed by atoms with Crippen LogP contribution in [0.1, 0.15) is 122 Å². The van der Waals surface area contributed by atoms with Gasteiger partial charge in [0.25, 0.3) is 0 Å². The molecule has 0 atom stereocenters. The van der Waals surface area contributed by atoms with Gasteiger partial charge in [-0.1, -0.05) is 96.8 Å². The second-order valence-electron chi connectivity index (χ2n) is 11.6. The molecule has 0 aromatic heterocycles. The summed E-state index contributed by atoms with van der Waals surface area (Å²) in [6.07, 6.45) is 25.7. The first kappa shape index (κ1) is 37.9. The highest BCUT2D eigenvalue weighted by atomic mass is 35.5. The Kier molecular flexibility index (Phi) is 28.6. The van der Waals surface area contributed by atoms with Gasteiger partial charge in [-0.2, -0.15) is 0 Å². The summed E-state index contributed by atoms with van der Waals surface area (Å²) in [5.41, 5.74) is 0. The third-order valence-corrected chi connectivity index (χ3v) is 14.9. The van der Waals surface area contributed by atoms with Gasteiger partial charge >= 0.3 is 0 Å². The van der Waals surface area contributed by atoms with E-state index in [2.05, 4.69) is 21.0 Å². The maximum atomic E-state index is 5.70. The molecule has 0 fully saturated rings. The van der Waals surface area contributed by atoms with Gasteiger partial charge in [-0.3, -0.25) is 0 Å². The third-order valence-electron chi connectivity index (χ3n) is 7.44. The Labute approximate surface area is 234 Å². The largest absolute Gasteiger partial charge is 1.00 e. The van der Waals surface area contributed by atoms with Gasteiger partial charge in [0.2, 0.25) is 0 Å². The molecule has 35 heavy (non-hydrogen) atoms. The molecule has 0 spiro atoms. The predicted octanol–water partition coefficient (Wildman–Crippen LogP) is 2.37. The van der Waals surface area contributed by atoms with Crippen molar-refractivity contribution in [2.24, 2.45) is 0 Å². The molecule has 8 heteroatoms. The van der Waals surface area contributed by atoms with E-state index in [4.69, 9.17) is 13.3 Å². The fourth-order valence-electron chi connectivity index (χ4n) is 5.34. The lowest BCUT2D eigenvalue weighted by Crippen LogP contribution is -3.00. The minimum Gasteiger partial charge on any atom is -1.00 e. The van der Waals surface area contributed by atoms with Crippen molar-refractivity contribution in [2.75, 3.05) is 48.5 Å². The molecule has 0 aliphatic carbocycles. The molecule has 4 nitrogen and oxygen atoms in total. The summed E-state index contributed by atoms with van der Waals surface area (Å²) in [6.45, 7) is 4.89. The summed E-state index contributed by atoms with van der Waals surface area (Å²) < 4.78 is 18.7. The van der Waals surface area contributed by atoms with Crippen LogP contribution in [0, 0.1) is 0 Å². The predicted molar refractivity (Wildman–Crippen MR) is 160 cm³/mol. The highest BCUT2D eigenvalue weighted by molar-refractivity contribution is 6.73. The minimum atomic E-state index is -0.533. The molecule has 0 heterocycles. The van der Waals surface area contributed by atoms with Crippen LogP contribution in [0.4, 0.5) is 0 Å². The Balaban J connectivity index is 0. The van der Waals surface area contributed by atoms with Gasteiger partial charge in [-0.25, -0.2) is 0 Å². The average molecular weight is 571 g/mol. The van der Waals surface area contributed by atoms with Crippen LogP contribution >= 0.6 is 0 Å². The zero-order chi connectivity index (χ0) is 25.4. The number of hydrogen-bond donors (Lipinski definition) is 0. The molecule has 0 unspecified atom stereocenters. The van der Waals surface area contributed by atoms with Crippen LogP contribution in [0.5, 0.6) is 0 Å². The fourth-order valence-corrected chi connectivity index (χ4v) is 13.0. The van der Waals surface area contributed by atoms with Crippen LogP contribution in [-0.2, 0) is 13.3 Å². The number of hydrogen-bond acceptors (Lipinski definition) is 3. The molecule has 0 bridgehead atoms. The van der Waals surface area contributed by atoms with E-state index in [0.29, 0.717) is 4.28 Å². The van der Waals surface area contributed by atoms with E-state index in [0.717, 1.165) is 4.48 Å². The Morgan fingerprint density at radius 3 is 1.17 bits per heavy atom. The SMILES string of the molecule is CCCCCCCCCCCCCCCCCC[N+](C)(C)CCCC([SiH2]OC)([SiH2]OC)[SiH2]OC.[Cl-]. The first-order valence-electron chi connectivity index (χ1n) is 14.7. The Morgan fingerprint density at radius 2 is 0.829 bits per heavy atom. The fraction of sp³-hybridized carbons (Fsp3) is 1.00. The summed E-state index contributed by atoms with van der Waals surface area (Å²) in [7, 11) is 8.88. The molecule has 0 rings (SSSR count). The van der Waals surface area contributed by atoms with Gasteiger partial charge in [-0.15, -0.1) is 0 Å². The maximum Gasteiger partial charge on any atom is 0.165 e. The Hall–Kier alpha value is 0.781. The molecule has 0 aromatic rings. The lowest BCUT2D eigenvalue weighted by Gasteiger charge is -2.34. The average Bonchev–Trinajstić information content (AvgIpc) is 2.79. The molecular weight excluding hydrogens is 506 g/mol. The molecule has 0 radical (unpaired) electrons. The summed E-state index contributed by atoms with van der Waals surface area (Å²) in [5, 5.41) is 0. The van der Waals surface area contributed by atoms with Crippen LogP contribution in [0.2, 0.25) is 4.28 Å². The number of nitrogens with zero attached hydrogens (tertiary/aromatic N) is 1. The smallest absolute Gasteiger partial charge is 0.165 e. The van der Waals surface area contributed by atoms with Crippen LogP contribution in [-0.4, -0.2) is 82.3 Å². The molecule has 0 aliphatic heterocycles. The van der Waals surface area contributed by atoms with Crippen LogP contribution in [0.15, 0.2) is 0 Å². The first-order chi connectivity index (χ1) is 16.4. The highest BCUT2D eigenvalue weighted by Gasteiger charge is 2.33. The number of quaternary nitrogens is 1. The molecule has 0 amide bonds. The van der Waals surface area contributed by atoms with Gasteiger partial charge in [0, 0.05) is 25.6 Å². The van der Waals surface area contributed by atoms with Crippen molar-refractivity contribution >= 4 is 29.3 Å². The zero-order valence-corrected chi connectivity index (χ0v) is 29.8. The van der Waals surface area contributed by atoms with Gasteiger partial charge in [0.1, 0.15) is 0 Å². The van der Waals surface area contributed by atoms with Crippen LogP contribution < -0.4 is 12.4 Å². The lowest BCUT2D eigenvalue weighted by molar-refractivity contribution is -0.890. The van der Waals surface area contributed by atoms with Crippen LogP contribution in [0.25, 0.3) is 0 Å². The van der Waals surface area contributed by atoms with Crippen molar-refractivity contribution in [1.29, 1.82) is 0 Å². The van der Waals surface area contributed by atoms with Crippen molar-refractivity contribution in [3.8, 4) is 0 Å². The first-order valence-corrected chi connectivity index (χ1v) is 18.6. The van der Waals surface area contributed by atoms with E-state index in [1.165, 1.54) is 129 Å². The third kappa shape index (κ3) is 23.6. The van der Waals surface area contributed by atoms with Crippen molar-refractivity contribution in [2.45, 2.75) is 127 Å². The molecular formula is C27H64ClNO3Si3. The summed E-state index contributed by atoms with van der Waals surface area (Å²) in [6, 6.07) is 0. The standard InChI is InChI=1S/C27H64NO3Si3.ClH/c1-7-8-9-10-11-12-13-14-15-16-17-18-19-20-21-22-25-28(2,3)26-23-24-27(32-29-4,33-30-5)34-31-6;/h7-26,32-34H2,1-6H3;1H/q+1;/p-1. The van der Waals surface area contributed by atoms with Gasteiger partial charge < -0.3 is 30.2 Å². The Bertz CT molecular complexity index is 417. The highest BCUT2D eigenvalue weighted by Crippen LogP contribution is 2.29. The van der Waals surface area contributed by atoms with E-state index in [9.17, 15) is 0 Å². The maximum absolute atomic E-state index is 5.70. The summed E-state index contributed by atoms with van der Waals surface area (Å²) in [5.74, 6) is 0. The quantitative estimate of drug-likeness (QED) is 0.0863. The molecule has 0 aromatic carbocycles. The van der Waals surface area contributed by atoms with Crippen molar-refractivity contribution in [3.05, 3.63) is 0 Å². The molecule has 0 aliphatic rings. The zero-order valence-electron chi connectivity index (χ0n) is 24.8. The molecule has 0 saturated heterocycles. The monoisotopic (exact) mass is 569 g/mol. The number of unbranched alkanes of at least 4 members (excludes halogenated alkanes) is 15. The van der Waals surface area contributed by atoms with Gasteiger partial charge in [0.05, 0.1) is 27.2 Å². The van der Waals surface area contributed by atoms with Crippen molar-refractivity contribution in [3.63, 3.8) is 0 Å². The van der Waals surface area contributed by atoms with Crippen molar-refractivity contribution in [1.82, 2.24) is 0 Å². The normalized spacial score (nSPS) is 14.6. The summed E-state index contributed by atoms with van der Waals surface area (Å²) in [4.78, 5) is 0. The van der Waals surface area contributed by atoms with Gasteiger partial charge in [0.15, 0.2) is 29.3 Å². The summed E-state index contributed by atoms with van der Waals surface area (Å²) >= 11 is 0. The second-order valence-corrected chi connectivity index (χ2v) is 21.7.